The quantitative estimate of drug-likeness (QED) is 0.859. The largest absolute Gasteiger partial charge is 0.443 e. The first kappa shape index (κ1) is 11.1. The molecule has 1 fully saturated rings. The third-order valence-electron chi connectivity index (χ3n) is 3.25. The molecule has 1 amide bonds. The van der Waals surface area contributed by atoms with Gasteiger partial charge in [0.2, 0.25) is 0 Å². The van der Waals surface area contributed by atoms with Crippen molar-refractivity contribution in [3.63, 3.8) is 0 Å². The van der Waals surface area contributed by atoms with Gasteiger partial charge in [0.05, 0.1) is 13.1 Å². The number of nitrogens with one attached hydrogen (secondary N) is 1. The summed E-state index contributed by atoms with van der Waals surface area (Å²) in [6.07, 6.45) is 1.48. The molecule has 18 heavy (non-hydrogen) atoms. The highest BCUT2D eigenvalue weighted by atomic mass is 16.6. The number of aromatic nitrogens is 1. The van der Waals surface area contributed by atoms with Gasteiger partial charge in [0, 0.05) is 23.6 Å². The smallest absolute Gasteiger partial charge is 0.410 e. The fraction of sp³-hybridized carbons (Fsp3) is 0.308. The van der Waals surface area contributed by atoms with Gasteiger partial charge in [0.15, 0.2) is 0 Å². The van der Waals surface area contributed by atoms with Gasteiger partial charge in [-0.2, -0.15) is 0 Å². The predicted molar refractivity (Wildman–Crippen MR) is 68.0 cm³/mol. The molecule has 5 nitrogen and oxygen atoms in total. The second-order valence-electron chi connectivity index (χ2n) is 4.48. The van der Waals surface area contributed by atoms with Gasteiger partial charge in [-0.3, -0.25) is 0 Å². The molecule has 0 saturated carbocycles. The number of carbonyl (C=O) groups is 1. The first-order chi connectivity index (χ1) is 8.78. The van der Waals surface area contributed by atoms with Crippen molar-refractivity contribution >= 4 is 17.0 Å². The van der Waals surface area contributed by atoms with Crippen LogP contribution < -0.4 is 5.73 Å². The van der Waals surface area contributed by atoms with E-state index >= 15 is 0 Å². The average molecular weight is 245 g/mol. The van der Waals surface area contributed by atoms with Crippen LogP contribution in [0.3, 0.4) is 0 Å². The number of nitrogens with zero attached hydrogens (tertiary/aromatic N) is 1. The number of hydrogen-bond acceptors (Lipinski definition) is 3. The summed E-state index contributed by atoms with van der Waals surface area (Å²) in [7, 11) is 0. The van der Waals surface area contributed by atoms with Crippen molar-refractivity contribution in [2.24, 2.45) is 5.73 Å². The molecule has 1 atom stereocenters. The summed E-state index contributed by atoms with van der Waals surface area (Å²) in [4.78, 5) is 16.5. The topological polar surface area (TPSA) is 71.3 Å². The van der Waals surface area contributed by atoms with Crippen LogP contribution in [-0.4, -0.2) is 35.2 Å². The standard InChI is InChI=1S/C13H15N3O2/c14-5-10-8-16(13(17)18-10)7-9-6-15-12-4-2-1-3-11(9)12/h1-4,6,10,15H,5,7-8,14H2. The molecule has 2 heterocycles. The number of para-hydroxylation sites is 1. The molecule has 1 saturated heterocycles. The van der Waals surface area contributed by atoms with Crippen LogP contribution in [0.2, 0.25) is 0 Å². The van der Waals surface area contributed by atoms with Gasteiger partial charge in [0.1, 0.15) is 6.10 Å². The molecule has 0 aliphatic carbocycles. The number of hydrogen-bond donors (Lipinski definition) is 2. The summed E-state index contributed by atoms with van der Waals surface area (Å²) >= 11 is 0. The molecule has 1 aliphatic rings. The van der Waals surface area contributed by atoms with Crippen LogP contribution in [0.1, 0.15) is 5.56 Å². The van der Waals surface area contributed by atoms with E-state index < -0.39 is 0 Å². The highest BCUT2D eigenvalue weighted by Gasteiger charge is 2.30. The molecule has 5 heteroatoms. The van der Waals surface area contributed by atoms with Crippen molar-refractivity contribution in [2.75, 3.05) is 13.1 Å². The number of fused-ring (bicyclic) bond motifs is 1. The lowest BCUT2D eigenvalue weighted by Gasteiger charge is -2.11. The predicted octanol–water partition coefficient (Wildman–Crippen LogP) is 1.45. The molecule has 3 rings (SSSR count). The number of amides is 1. The lowest BCUT2D eigenvalue weighted by molar-refractivity contribution is 0.134. The maximum atomic E-state index is 11.6. The monoisotopic (exact) mass is 245 g/mol. The van der Waals surface area contributed by atoms with E-state index in [2.05, 4.69) is 4.98 Å². The first-order valence-corrected chi connectivity index (χ1v) is 5.98. The van der Waals surface area contributed by atoms with Gasteiger partial charge in [-0.15, -0.1) is 0 Å². The molecule has 1 unspecified atom stereocenters. The summed E-state index contributed by atoms with van der Waals surface area (Å²) in [6.45, 7) is 1.49. The zero-order chi connectivity index (χ0) is 12.5. The lowest BCUT2D eigenvalue weighted by Crippen LogP contribution is -2.27. The Labute approximate surface area is 105 Å². The van der Waals surface area contributed by atoms with Crippen LogP contribution in [0, 0.1) is 0 Å². The number of nitrogens with two attached hydrogens (primary N) is 1. The third kappa shape index (κ3) is 1.82. The number of carbonyl (C=O) groups excluding carboxylic acids is 1. The zero-order valence-corrected chi connectivity index (χ0v) is 9.93. The minimum absolute atomic E-state index is 0.178. The van der Waals surface area contributed by atoms with E-state index in [-0.39, 0.29) is 12.2 Å². The van der Waals surface area contributed by atoms with Gasteiger partial charge < -0.3 is 20.4 Å². The van der Waals surface area contributed by atoms with Gasteiger partial charge in [-0.1, -0.05) is 18.2 Å². The fourth-order valence-corrected chi connectivity index (χ4v) is 2.29. The Morgan fingerprint density at radius 3 is 3.06 bits per heavy atom. The van der Waals surface area contributed by atoms with Crippen LogP contribution in [0.5, 0.6) is 0 Å². The lowest BCUT2D eigenvalue weighted by atomic mass is 10.1. The Hall–Kier alpha value is -2.01. The van der Waals surface area contributed by atoms with E-state index in [4.69, 9.17) is 10.5 Å². The molecule has 0 bridgehead atoms. The van der Waals surface area contributed by atoms with E-state index in [1.807, 2.05) is 30.5 Å². The second kappa shape index (κ2) is 4.34. The molecule has 1 aliphatic heterocycles. The molecule has 0 radical (unpaired) electrons. The van der Waals surface area contributed by atoms with Crippen molar-refractivity contribution in [1.29, 1.82) is 0 Å². The number of rotatable bonds is 3. The molecule has 0 spiro atoms. The second-order valence-corrected chi connectivity index (χ2v) is 4.48. The summed E-state index contributed by atoms with van der Waals surface area (Å²) < 4.78 is 5.14. The maximum Gasteiger partial charge on any atom is 0.410 e. The number of H-pyrrole nitrogens is 1. The molecule has 3 N–H and O–H groups in total. The van der Waals surface area contributed by atoms with Gasteiger partial charge >= 0.3 is 6.09 Å². The average Bonchev–Trinajstić information content (AvgIpc) is 2.95. The minimum atomic E-state index is -0.282. The van der Waals surface area contributed by atoms with Crippen LogP contribution in [0.4, 0.5) is 4.79 Å². The SMILES string of the molecule is NCC1CN(Cc2c[nH]c3ccccc23)C(=O)O1. The van der Waals surface area contributed by atoms with E-state index in [1.165, 1.54) is 0 Å². The normalized spacial score (nSPS) is 19.5. The molecule has 1 aromatic heterocycles. The Bertz CT molecular complexity index is 578. The highest BCUT2D eigenvalue weighted by molar-refractivity contribution is 5.83. The number of ether oxygens (including phenoxy) is 1. The van der Waals surface area contributed by atoms with Crippen molar-refractivity contribution in [2.45, 2.75) is 12.6 Å². The van der Waals surface area contributed by atoms with Crippen molar-refractivity contribution in [3.05, 3.63) is 36.0 Å². The van der Waals surface area contributed by atoms with E-state index in [1.54, 1.807) is 4.90 Å². The molecular formula is C13H15N3O2. The summed E-state index contributed by atoms with van der Waals surface area (Å²) in [5, 5.41) is 1.14. The Morgan fingerprint density at radius 2 is 2.28 bits per heavy atom. The van der Waals surface area contributed by atoms with Crippen LogP contribution in [-0.2, 0) is 11.3 Å². The highest BCUT2D eigenvalue weighted by Crippen LogP contribution is 2.21. The van der Waals surface area contributed by atoms with E-state index in [0.29, 0.717) is 19.6 Å². The number of benzene rings is 1. The van der Waals surface area contributed by atoms with Crippen molar-refractivity contribution < 1.29 is 9.53 Å². The zero-order valence-electron chi connectivity index (χ0n) is 9.93. The summed E-state index contributed by atoms with van der Waals surface area (Å²) in [6, 6.07) is 8.04. The number of cyclic esters (lactones) is 1. The third-order valence-corrected chi connectivity index (χ3v) is 3.25. The van der Waals surface area contributed by atoms with E-state index in [9.17, 15) is 4.79 Å². The Kier molecular flexibility index (Phi) is 2.68. The number of aromatic amines is 1. The first-order valence-electron chi connectivity index (χ1n) is 5.98. The van der Waals surface area contributed by atoms with Crippen LogP contribution in [0.15, 0.2) is 30.5 Å². The van der Waals surface area contributed by atoms with Gasteiger partial charge in [0.25, 0.3) is 0 Å². The van der Waals surface area contributed by atoms with Crippen LogP contribution >= 0.6 is 0 Å². The van der Waals surface area contributed by atoms with Crippen LogP contribution in [0.25, 0.3) is 10.9 Å². The molecular weight excluding hydrogens is 230 g/mol. The van der Waals surface area contributed by atoms with Crippen molar-refractivity contribution in [1.82, 2.24) is 9.88 Å². The molecule has 94 valence electrons. The Balaban J connectivity index is 1.83. The summed E-state index contributed by atoms with van der Waals surface area (Å²) in [5.41, 5.74) is 7.69. The molecule has 2 aromatic rings. The Morgan fingerprint density at radius 1 is 1.44 bits per heavy atom. The van der Waals surface area contributed by atoms with Gasteiger partial charge in [-0.05, 0) is 11.6 Å². The van der Waals surface area contributed by atoms with Crippen molar-refractivity contribution in [3.8, 4) is 0 Å². The summed E-state index contributed by atoms with van der Waals surface area (Å²) in [5.74, 6) is 0. The minimum Gasteiger partial charge on any atom is -0.443 e. The molecule has 1 aromatic carbocycles. The maximum absolute atomic E-state index is 11.6. The van der Waals surface area contributed by atoms with E-state index in [0.717, 1.165) is 16.5 Å². The van der Waals surface area contributed by atoms with Gasteiger partial charge in [-0.25, -0.2) is 4.79 Å². The fourth-order valence-electron chi connectivity index (χ4n) is 2.29.